The van der Waals surface area contributed by atoms with Gasteiger partial charge in [-0.05, 0) is 43.7 Å². The van der Waals surface area contributed by atoms with E-state index in [1.165, 1.54) is 31.0 Å². The molecule has 0 aliphatic carbocycles. The van der Waals surface area contributed by atoms with E-state index in [9.17, 15) is 14.9 Å². The maximum atomic E-state index is 13.2. The van der Waals surface area contributed by atoms with Gasteiger partial charge >= 0.3 is 0 Å². The minimum absolute atomic E-state index is 0.0785. The number of thiocarbonyl (C=S) groups is 1. The quantitative estimate of drug-likeness (QED) is 0.293. The first-order valence-corrected chi connectivity index (χ1v) is 13.2. The minimum atomic E-state index is -0.292. The molecule has 2 saturated heterocycles. The van der Waals surface area contributed by atoms with Gasteiger partial charge in [0.25, 0.3) is 11.5 Å². The molecule has 178 valence electrons. The van der Waals surface area contributed by atoms with Crippen LogP contribution in [0.5, 0.6) is 0 Å². The van der Waals surface area contributed by atoms with Crippen molar-refractivity contribution in [2.75, 3.05) is 24.5 Å². The molecule has 1 aromatic rings. The summed E-state index contributed by atoms with van der Waals surface area (Å²) in [6.07, 6.45) is 9.66. The molecule has 1 amide bonds. The lowest BCUT2D eigenvalue weighted by atomic mass is 9.98. The monoisotopic (exact) mass is 486 g/mol. The molecule has 2 fully saturated rings. The van der Waals surface area contributed by atoms with Crippen LogP contribution in [0.25, 0.3) is 6.08 Å². The first-order valence-electron chi connectivity index (χ1n) is 11.9. The number of nitrogens with zero attached hydrogens (tertiary/aromatic N) is 4. The second-order valence-corrected chi connectivity index (χ2v) is 10.8. The van der Waals surface area contributed by atoms with E-state index in [1.54, 1.807) is 23.4 Å². The van der Waals surface area contributed by atoms with Crippen molar-refractivity contribution < 1.29 is 4.79 Å². The van der Waals surface area contributed by atoms with Crippen molar-refractivity contribution in [2.24, 2.45) is 13.0 Å². The molecule has 0 spiro atoms. The lowest BCUT2D eigenvalue weighted by Gasteiger charge is -2.35. The highest BCUT2D eigenvalue weighted by Gasteiger charge is 2.33. The molecule has 3 heterocycles. The SMILES string of the molecule is CCCCCCCN1C(=O)/C(=C/c2c(C)c(C#N)c(=O)n(C)c2N2CCCC(C)C2)SC1=S. The van der Waals surface area contributed by atoms with E-state index in [0.29, 0.717) is 27.3 Å². The molecule has 3 rings (SSSR count). The maximum absolute atomic E-state index is 13.2. The van der Waals surface area contributed by atoms with Crippen LogP contribution in [0.4, 0.5) is 5.82 Å². The zero-order valence-electron chi connectivity index (χ0n) is 20.1. The van der Waals surface area contributed by atoms with E-state index < -0.39 is 0 Å². The number of nitriles is 1. The van der Waals surface area contributed by atoms with Gasteiger partial charge in [-0.1, -0.05) is 63.5 Å². The standard InChI is InChI=1S/C25H34N4O2S2/c1-5-6-7-8-9-13-29-24(31)21(33-25(29)32)14-19-18(3)20(15-26)23(30)27(4)22(19)28-12-10-11-17(2)16-28/h14,17H,5-13,16H2,1-4H3/b21-14-. The fourth-order valence-corrected chi connectivity index (χ4v) is 5.96. The first kappa shape index (κ1) is 25.5. The van der Waals surface area contributed by atoms with Gasteiger partial charge in [0.05, 0.1) is 4.91 Å². The normalized spacial score (nSPS) is 20.1. The molecule has 33 heavy (non-hydrogen) atoms. The average Bonchev–Trinajstić information content (AvgIpc) is 3.05. The molecule has 0 N–H and O–H groups in total. The van der Waals surface area contributed by atoms with Crippen molar-refractivity contribution in [2.45, 2.75) is 65.7 Å². The molecular weight excluding hydrogens is 452 g/mol. The van der Waals surface area contributed by atoms with Crippen LogP contribution in [0.15, 0.2) is 9.70 Å². The van der Waals surface area contributed by atoms with Crippen molar-refractivity contribution in [3.8, 4) is 6.07 Å². The van der Waals surface area contributed by atoms with Crippen LogP contribution in [-0.2, 0) is 11.8 Å². The summed E-state index contributed by atoms with van der Waals surface area (Å²) in [4.78, 5) is 30.6. The lowest BCUT2D eigenvalue weighted by molar-refractivity contribution is -0.122. The first-order chi connectivity index (χ1) is 15.8. The highest BCUT2D eigenvalue weighted by atomic mass is 32.2. The fraction of sp³-hybridized carbons (Fsp3) is 0.600. The molecule has 1 aromatic heterocycles. The molecule has 6 nitrogen and oxygen atoms in total. The van der Waals surface area contributed by atoms with Crippen LogP contribution >= 0.6 is 24.0 Å². The van der Waals surface area contributed by atoms with Gasteiger partial charge in [-0.3, -0.25) is 19.1 Å². The van der Waals surface area contributed by atoms with Crippen molar-refractivity contribution >= 4 is 46.1 Å². The van der Waals surface area contributed by atoms with Crippen LogP contribution in [0.2, 0.25) is 0 Å². The molecule has 0 radical (unpaired) electrons. The number of carbonyl (C=O) groups excluding carboxylic acids is 1. The van der Waals surface area contributed by atoms with Gasteiger partial charge in [0.1, 0.15) is 21.8 Å². The third-order valence-corrected chi connectivity index (χ3v) is 7.94. The Kier molecular flexibility index (Phi) is 8.77. The van der Waals surface area contributed by atoms with Gasteiger partial charge < -0.3 is 4.90 Å². The number of piperidine rings is 1. The lowest BCUT2D eigenvalue weighted by Crippen LogP contribution is -2.39. The molecule has 2 aliphatic rings. The summed E-state index contributed by atoms with van der Waals surface area (Å²) in [5.41, 5.74) is 1.23. The smallest absolute Gasteiger partial charge is 0.270 e. The predicted molar refractivity (Wildman–Crippen MR) is 140 cm³/mol. The summed E-state index contributed by atoms with van der Waals surface area (Å²) < 4.78 is 2.15. The van der Waals surface area contributed by atoms with Gasteiger partial charge in [-0.15, -0.1) is 0 Å². The summed E-state index contributed by atoms with van der Waals surface area (Å²) in [5, 5.41) is 9.65. The summed E-state index contributed by atoms with van der Waals surface area (Å²) in [6, 6.07) is 2.07. The third kappa shape index (κ3) is 5.52. The Balaban J connectivity index is 1.97. The Bertz CT molecular complexity index is 1050. The predicted octanol–water partition coefficient (Wildman–Crippen LogP) is 4.97. The number of amides is 1. The van der Waals surface area contributed by atoms with E-state index in [4.69, 9.17) is 12.2 Å². The van der Waals surface area contributed by atoms with E-state index in [0.717, 1.165) is 50.2 Å². The molecule has 0 saturated carbocycles. The van der Waals surface area contributed by atoms with Crippen LogP contribution in [0.1, 0.15) is 75.5 Å². The maximum Gasteiger partial charge on any atom is 0.270 e. The molecule has 0 aromatic carbocycles. The van der Waals surface area contributed by atoms with Gasteiger partial charge in [0.15, 0.2) is 0 Å². The Morgan fingerprint density at radius 3 is 2.64 bits per heavy atom. The molecule has 1 atom stereocenters. The Labute approximate surface area is 206 Å². The van der Waals surface area contributed by atoms with E-state index in [-0.39, 0.29) is 17.0 Å². The number of hydrogen-bond acceptors (Lipinski definition) is 6. The molecule has 0 bridgehead atoms. The molecule has 2 aliphatic heterocycles. The number of pyridine rings is 1. The molecule has 1 unspecified atom stereocenters. The third-order valence-electron chi connectivity index (χ3n) is 6.56. The van der Waals surface area contributed by atoms with Crippen molar-refractivity contribution in [1.82, 2.24) is 9.47 Å². The Morgan fingerprint density at radius 1 is 1.24 bits per heavy atom. The minimum Gasteiger partial charge on any atom is -0.357 e. The van der Waals surface area contributed by atoms with Crippen LogP contribution in [-0.4, -0.2) is 39.3 Å². The second-order valence-electron chi connectivity index (χ2n) is 9.15. The van der Waals surface area contributed by atoms with Crippen LogP contribution < -0.4 is 10.5 Å². The van der Waals surface area contributed by atoms with Crippen LogP contribution in [0, 0.1) is 24.2 Å². The summed E-state index contributed by atoms with van der Waals surface area (Å²) in [5.74, 6) is 1.22. The van der Waals surface area contributed by atoms with Crippen molar-refractivity contribution in [1.29, 1.82) is 5.26 Å². The number of aromatic nitrogens is 1. The number of carbonyl (C=O) groups is 1. The summed E-state index contributed by atoms with van der Waals surface area (Å²) in [7, 11) is 1.72. The summed E-state index contributed by atoms with van der Waals surface area (Å²) >= 11 is 6.84. The van der Waals surface area contributed by atoms with E-state index in [1.807, 2.05) is 6.08 Å². The second kappa shape index (κ2) is 11.3. The zero-order valence-corrected chi connectivity index (χ0v) is 21.8. The number of hydrogen-bond donors (Lipinski definition) is 0. The topological polar surface area (TPSA) is 69.3 Å². The number of rotatable bonds is 8. The van der Waals surface area contributed by atoms with E-state index >= 15 is 0 Å². The Morgan fingerprint density at radius 2 is 1.97 bits per heavy atom. The molecule has 8 heteroatoms. The zero-order chi connectivity index (χ0) is 24.1. The van der Waals surface area contributed by atoms with Crippen molar-refractivity contribution in [3.63, 3.8) is 0 Å². The van der Waals surface area contributed by atoms with E-state index in [2.05, 4.69) is 24.8 Å². The van der Waals surface area contributed by atoms with Crippen molar-refractivity contribution in [3.05, 3.63) is 31.9 Å². The fourth-order valence-electron chi connectivity index (χ4n) is 4.67. The molecular formula is C25H34N4O2S2. The largest absolute Gasteiger partial charge is 0.357 e. The highest BCUT2D eigenvalue weighted by molar-refractivity contribution is 8.26. The highest BCUT2D eigenvalue weighted by Crippen LogP contribution is 2.36. The van der Waals surface area contributed by atoms with Gasteiger partial charge in [-0.2, -0.15) is 5.26 Å². The van der Waals surface area contributed by atoms with Gasteiger partial charge in [0.2, 0.25) is 0 Å². The van der Waals surface area contributed by atoms with Crippen LogP contribution in [0.3, 0.4) is 0 Å². The van der Waals surface area contributed by atoms with Gasteiger partial charge in [-0.25, -0.2) is 0 Å². The average molecular weight is 487 g/mol. The number of unbranched alkanes of at least 4 members (excludes halogenated alkanes) is 4. The summed E-state index contributed by atoms with van der Waals surface area (Å²) in [6.45, 7) is 8.53. The number of thioether (sulfide) groups is 1. The Hall–Kier alpha value is -2.11. The number of anilines is 1. The van der Waals surface area contributed by atoms with Gasteiger partial charge in [0, 0.05) is 32.2 Å².